The molecule has 7 nitrogen and oxygen atoms in total. The summed E-state index contributed by atoms with van der Waals surface area (Å²) < 4.78 is 6.90. The Morgan fingerprint density at radius 1 is 1.42 bits per heavy atom. The van der Waals surface area contributed by atoms with Crippen molar-refractivity contribution < 1.29 is 14.3 Å². The molecule has 0 aliphatic carbocycles. The third kappa shape index (κ3) is 2.80. The predicted octanol–water partition coefficient (Wildman–Crippen LogP) is 2.00. The van der Waals surface area contributed by atoms with Gasteiger partial charge in [-0.25, -0.2) is 4.98 Å². The Hall–Kier alpha value is -2.96. The van der Waals surface area contributed by atoms with E-state index in [4.69, 9.17) is 10.1 Å². The molecule has 0 spiro atoms. The molecular formula is C17H18N4O3. The average molecular weight is 326 g/mol. The highest BCUT2D eigenvalue weighted by atomic mass is 16.5. The molecule has 0 unspecified atom stereocenters. The molecule has 2 aromatic rings. The molecular weight excluding hydrogens is 308 g/mol. The Morgan fingerprint density at radius 3 is 2.88 bits per heavy atom. The first-order chi connectivity index (χ1) is 11.5. The molecule has 0 bridgehead atoms. The molecule has 0 atom stereocenters. The Labute approximate surface area is 139 Å². The summed E-state index contributed by atoms with van der Waals surface area (Å²) in [5.74, 6) is 0.826. The van der Waals surface area contributed by atoms with Crippen molar-refractivity contribution in [2.24, 2.45) is 5.92 Å². The van der Waals surface area contributed by atoms with Crippen molar-refractivity contribution >= 4 is 23.7 Å². The summed E-state index contributed by atoms with van der Waals surface area (Å²) in [5, 5.41) is 8.12. The van der Waals surface area contributed by atoms with E-state index in [9.17, 15) is 9.59 Å². The van der Waals surface area contributed by atoms with Gasteiger partial charge in [0, 0.05) is 35.6 Å². The van der Waals surface area contributed by atoms with Crippen LogP contribution in [0.25, 0.3) is 0 Å². The molecule has 0 saturated carbocycles. The average Bonchev–Trinajstić information content (AvgIpc) is 2.59. The third-order valence-corrected chi connectivity index (χ3v) is 3.80. The summed E-state index contributed by atoms with van der Waals surface area (Å²) >= 11 is 0. The summed E-state index contributed by atoms with van der Waals surface area (Å²) in [7, 11) is 0. The van der Waals surface area contributed by atoms with Crippen LogP contribution in [0, 0.1) is 11.3 Å². The van der Waals surface area contributed by atoms with Gasteiger partial charge in [-0.05, 0) is 12.1 Å². The maximum Gasteiger partial charge on any atom is 0.234 e. The first-order valence-corrected chi connectivity index (χ1v) is 7.68. The molecule has 1 aliphatic rings. The highest BCUT2D eigenvalue weighted by molar-refractivity contribution is 5.81. The van der Waals surface area contributed by atoms with Gasteiger partial charge in [-0.15, -0.1) is 0 Å². The Balaban J connectivity index is 2.00. The summed E-state index contributed by atoms with van der Waals surface area (Å²) in [6.45, 7) is 4.62. The molecule has 3 rings (SSSR count). The minimum Gasteiger partial charge on any atom is -0.488 e. The van der Waals surface area contributed by atoms with E-state index in [-0.39, 0.29) is 17.3 Å². The monoisotopic (exact) mass is 326 g/mol. The van der Waals surface area contributed by atoms with Gasteiger partial charge in [-0.1, -0.05) is 13.8 Å². The number of carbonyl (C=O) groups is 2. The van der Waals surface area contributed by atoms with Crippen LogP contribution in [0.4, 0.5) is 11.5 Å². The number of carbonyl (C=O) groups excluding carboxylic acids is 2. The van der Waals surface area contributed by atoms with Crippen LogP contribution in [-0.2, 0) is 0 Å². The summed E-state index contributed by atoms with van der Waals surface area (Å²) in [6.07, 6.45) is 3.82. The zero-order valence-corrected chi connectivity index (χ0v) is 13.5. The lowest BCUT2D eigenvalue weighted by Crippen LogP contribution is -2.33. The minimum absolute atomic E-state index is 0.115. The van der Waals surface area contributed by atoms with Crippen molar-refractivity contribution in [1.29, 1.82) is 5.41 Å². The quantitative estimate of drug-likeness (QED) is 0.872. The number of ether oxygens (including phenoxy) is 1. The van der Waals surface area contributed by atoms with E-state index in [0.717, 1.165) is 12.0 Å². The Bertz CT molecular complexity index is 857. The van der Waals surface area contributed by atoms with Gasteiger partial charge >= 0.3 is 0 Å². The van der Waals surface area contributed by atoms with Gasteiger partial charge in [0.1, 0.15) is 12.1 Å². The van der Waals surface area contributed by atoms with Gasteiger partial charge < -0.3 is 9.64 Å². The highest BCUT2D eigenvalue weighted by Crippen LogP contribution is 2.34. The first kappa shape index (κ1) is 15.9. The number of hydrogen-bond acceptors (Lipinski definition) is 6. The van der Waals surface area contributed by atoms with E-state index in [0.29, 0.717) is 30.3 Å². The molecule has 1 N–H and O–H groups in total. The van der Waals surface area contributed by atoms with E-state index in [2.05, 4.69) is 4.98 Å². The SMILES string of the molecule is CC(C)C(=O)n1ccc(N2CCOc3cc(C=O)cnc32)cc1=N. The second kappa shape index (κ2) is 6.27. The normalized spacial score (nSPS) is 13.4. The van der Waals surface area contributed by atoms with Gasteiger partial charge in [-0.3, -0.25) is 19.6 Å². The molecule has 0 aromatic carbocycles. The molecule has 1 aliphatic heterocycles. The summed E-state index contributed by atoms with van der Waals surface area (Å²) in [4.78, 5) is 29.2. The Kier molecular flexibility index (Phi) is 4.16. The molecule has 7 heteroatoms. The molecule has 0 saturated heterocycles. The zero-order chi connectivity index (χ0) is 17.3. The van der Waals surface area contributed by atoms with E-state index in [1.54, 1.807) is 38.2 Å². The van der Waals surface area contributed by atoms with Crippen LogP contribution in [0.5, 0.6) is 5.75 Å². The molecule has 0 radical (unpaired) electrons. The molecule has 24 heavy (non-hydrogen) atoms. The van der Waals surface area contributed by atoms with Crippen molar-refractivity contribution in [1.82, 2.24) is 9.55 Å². The second-order valence-corrected chi connectivity index (χ2v) is 5.84. The number of pyridine rings is 2. The van der Waals surface area contributed by atoms with Crippen molar-refractivity contribution in [3.05, 3.63) is 41.6 Å². The fraction of sp³-hybridized carbons (Fsp3) is 0.294. The molecule has 2 aromatic heterocycles. The number of nitrogens with one attached hydrogen (secondary N) is 1. The number of aldehydes is 1. The number of fused-ring (bicyclic) bond motifs is 1. The maximum absolute atomic E-state index is 12.1. The summed E-state index contributed by atoms with van der Waals surface area (Å²) in [5.41, 5.74) is 1.32. The van der Waals surface area contributed by atoms with Crippen LogP contribution in [-0.4, -0.2) is 34.9 Å². The topological polar surface area (TPSA) is 88.3 Å². The van der Waals surface area contributed by atoms with E-state index in [1.165, 1.54) is 10.8 Å². The smallest absolute Gasteiger partial charge is 0.234 e. The van der Waals surface area contributed by atoms with Gasteiger partial charge in [0.25, 0.3) is 0 Å². The van der Waals surface area contributed by atoms with Crippen LogP contribution in [0.15, 0.2) is 30.6 Å². The standard InChI is InChI=1S/C17H18N4O3/c1-11(2)17(23)21-4-3-13(8-15(21)18)20-5-6-24-14-7-12(10-22)9-19-16(14)20/h3-4,7-11,18H,5-6H2,1-2H3. The lowest BCUT2D eigenvalue weighted by atomic mass is 10.2. The predicted molar refractivity (Wildman–Crippen MR) is 87.9 cm³/mol. The largest absolute Gasteiger partial charge is 0.488 e. The van der Waals surface area contributed by atoms with E-state index < -0.39 is 0 Å². The maximum atomic E-state index is 12.1. The third-order valence-electron chi connectivity index (χ3n) is 3.80. The molecule has 0 fully saturated rings. The van der Waals surface area contributed by atoms with Crippen LogP contribution in [0.3, 0.4) is 0 Å². The fourth-order valence-electron chi connectivity index (χ4n) is 2.56. The minimum atomic E-state index is -0.183. The lowest BCUT2D eigenvalue weighted by molar-refractivity contribution is 0.0849. The number of hydrogen-bond donors (Lipinski definition) is 1. The van der Waals surface area contributed by atoms with Gasteiger partial charge in [0.15, 0.2) is 17.9 Å². The van der Waals surface area contributed by atoms with Gasteiger partial charge in [0.05, 0.1) is 6.54 Å². The second-order valence-electron chi connectivity index (χ2n) is 5.84. The highest BCUT2D eigenvalue weighted by Gasteiger charge is 2.22. The molecule has 124 valence electrons. The number of anilines is 2. The van der Waals surface area contributed by atoms with Crippen LogP contribution >= 0.6 is 0 Å². The fourth-order valence-corrected chi connectivity index (χ4v) is 2.56. The van der Waals surface area contributed by atoms with E-state index >= 15 is 0 Å². The summed E-state index contributed by atoms with van der Waals surface area (Å²) in [6, 6.07) is 5.06. The zero-order valence-electron chi connectivity index (χ0n) is 13.5. The van der Waals surface area contributed by atoms with Gasteiger partial charge in [0.2, 0.25) is 5.91 Å². The van der Waals surface area contributed by atoms with Gasteiger partial charge in [-0.2, -0.15) is 0 Å². The van der Waals surface area contributed by atoms with E-state index in [1.807, 2.05) is 4.90 Å². The number of nitrogens with zero attached hydrogens (tertiary/aromatic N) is 3. The lowest BCUT2D eigenvalue weighted by Gasteiger charge is -2.30. The number of rotatable bonds is 3. The first-order valence-electron chi connectivity index (χ1n) is 7.68. The Morgan fingerprint density at radius 2 is 2.21 bits per heavy atom. The van der Waals surface area contributed by atoms with Crippen molar-refractivity contribution in [3.63, 3.8) is 0 Å². The van der Waals surface area contributed by atoms with Crippen molar-refractivity contribution in [3.8, 4) is 5.75 Å². The van der Waals surface area contributed by atoms with Crippen LogP contribution in [0.2, 0.25) is 0 Å². The van der Waals surface area contributed by atoms with Crippen molar-refractivity contribution in [2.45, 2.75) is 13.8 Å². The molecule has 0 amide bonds. The van der Waals surface area contributed by atoms with Crippen LogP contribution in [0.1, 0.15) is 29.0 Å². The van der Waals surface area contributed by atoms with Crippen LogP contribution < -0.4 is 15.1 Å². The molecule has 3 heterocycles. The van der Waals surface area contributed by atoms with Crippen molar-refractivity contribution in [2.75, 3.05) is 18.1 Å². The number of aromatic nitrogens is 2.